The lowest BCUT2D eigenvalue weighted by Crippen LogP contribution is -2.03. The predicted octanol–water partition coefficient (Wildman–Crippen LogP) is 3.74. The van der Waals surface area contributed by atoms with Gasteiger partial charge in [0, 0.05) is 17.5 Å². The Morgan fingerprint density at radius 1 is 1.12 bits per heavy atom. The number of hydrogen-bond donors (Lipinski definition) is 0. The van der Waals surface area contributed by atoms with Crippen molar-refractivity contribution >= 4 is 0 Å². The van der Waals surface area contributed by atoms with Crippen LogP contribution in [0.4, 0.5) is 8.78 Å². The largest absolute Gasteiger partial charge is 0.347 e. The Labute approximate surface area is 99.7 Å². The smallest absolute Gasteiger partial charge is 0.128 e. The minimum absolute atomic E-state index is 0.365. The summed E-state index contributed by atoms with van der Waals surface area (Å²) in [6.07, 6.45) is 1.97. The van der Waals surface area contributed by atoms with Crippen LogP contribution in [0.1, 0.15) is 22.4 Å². The molecule has 1 aromatic carbocycles. The van der Waals surface area contributed by atoms with Crippen molar-refractivity contribution in [2.45, 2.75) is 27.3 Å². The van der Waals surface area contributed by atoms with E-state index in [1.807, 2.05) is 31.5 Å². The first-order valence-electron chi connectivity index (χ1n) is 5.56. The summed E-state index contributed by atoms with van der Waals surface area (Å²) in [6.45, 7) is 6.40. The van der Waals surface area contributed by atoms with Crippen LogP contribution >= 0.6 is 0 Å². The first-order chi connectivity index (χ1) is 7.99. The number of nitrogens with zero attached hydrogens (tertiary/aromatic N) is 1. The fourth-order valence-electron chi connectivity index (χ4n) is 1.94. The number of benzene rings is 1. The Bertz CT molecular complexity index is 556. The molecule has 0 amide bonds. The van der Waals surface area contributed by atoms with Crippen LogP contribution in [0, 0.1) is 32.4 Å². The molecule has 2 aromatic rings. The van der Waals surface area contributed by atoms with E-state index in [0.717, 1.165) is 11.8 Å². The van der Waals surface area contributed by atoms with Gasteiger partial charge in [-0.1, -0.05) is 0 Å². The van der Waals surface area contributed by atoms with Gasteiger partial charge in [-0.2, -0.15) is 0 Å². The van der Waals surface area contributed by atoms with Gasteiger partial charge in [0.05, 0.1) is 6.54 Å². The summed E-state index contributed by atoms with van der Waals surface area (Å²) >= 11 is 0. The van der Waals surface area contributed by atoms with Crippen LogP contribution in [0.3, 0.4) is 0 Å². The van der Waals surface area contributed by atoms with Crippen LogP contribution in [0.15, 0.2) is 24.4 Å². The number of hydrogen-bond acceptors (Lipinski definition) is 0. The molecule has 2 rings (SSSR count). The highest BCUT2D eigenvalue weighted by Crippen LogP contribution is 2.18. The van der Waals surface area contributed by atoms with Crippen LogP contribution in [0.5, 0.6) is 0 Å². The standard InChI is InChI=1S/C14H15F2N/c1-9-7-17(11(3)10(9)2)8-12-6-13(15)4-5-14(12)16/h4-7H,8H2,1-3H3. The summed E-state index contributed by atoms with van der Waals surface area (Å²) in [5.74, 6) is -0.769. The van der Waals surface area contributed by atoms with Gasteiger partial charge in [-0.15, -0.1) is 0 Å². The zero-order valence-electron chi connectivity index (χ0n) is 10.2. The average molecular weight is 235 g/mol. The van der Waals surface area contributed by atoms with Crippen LogP contribution in [-0.2, 0) is 6.54 Å². The van der Waals surface area contributed by atoms with Gasteiger partial charge in [0.15, 0.2) is 0 Å². The molecule has 0 aliphatic rings. The van der Waals surface area contributed by atoms with Crippen molar-refractivity contribution < 1.29 is 8.78 Å². The summed E-state index contributed by atoms with van der Waals surface area (Å²) < 4.78 is 28.5. The van der Waals surface area contributed by atoms with Crippen LogP contribution < -0.4 is 0 Å². The molecule has 0 N–H and O–H groups in total. The van der Waals surface area contributed by atoms with E-state index in [4.69, 9.17) is 0 Å². The third kappa shape index (κ3) is 2.23. The topological polar surface area (TPSA) is 4.93 Å². The van der Waals surface area contributed by atoms with E-state index >= 15 is 0 Å². The maximum atomic E-state index is 13.5. The maximum Gasteiger partial charge on any atom is 0.128 e. The average Bonchev–Trinajstić information content (AvgIpc) is 2.52. The number of aryl methyl sites for hydroxylation is 1. The molecule has 0 aliphatic heterocycles. The molecule has 1 nitrogen and oxygen atoms in total. The molecule has 0 fully saturated rings. The third-order valence-corrected chi connectivity index (χ3v) is 3.26. The van der Waals surface area contributed by atoms with Gasteiger partial charge >= 0.3 is 0 Å². The van der Waals surface area contributed by atoms with E-state index in [1.165, 1.54) is 23.3 Å². The van der Waals surface area contributed by atoms with Gasteiger partial charge in [-0.3, -0.25) is 0 Å². The Morgan fingerprint density at radius 3 is 2.41 bits per heavy atom. The summed E-state index contributed by atoms with van der Waals surface area (Å²) in [6, 6.07) is 3.56. The highest BCUT2D eigenvalue weighted by Gasteiger charge is 2.09. The Hall–Kier alpha value is -1.64. The van der Waals surface area contributed by atoms with E-state index in [-0.39, 0.29) is 5.82 Å². The second-order valence-electron chi connectivity index (χ2n) is 4.39. The van der Waals surface area contributed by atoms with Crippen molar-refractivity contribution in [2.24, 2.45) is 0 Å². The zero-order valence-corrected chi connectivity index (χ0v) is 10.2. The Balaban J connectivity index is 2.37. The molecule has 17 heavy (non-hydrogen) atoms. The van der Waals surface area contributed by atoms with E-state index < -0.39 is 5.82 Å². The molecule has 0 aliphatic carbocycles. The molecule has 0 spiro atoms. The maximum absolute atomic E-state index is 13.5. The third-order valence-electron chi connectivity index (χ3n) is 3.26. The molecule has 1 aromatic heterocycles. The van der Waals surface area contributed by atoms with Crippen molar-refractivity contribution in [1.29, 1.82) is 0 Å². The van der Waals surface area contributed by atoms with Gasteiger partial charge in [0.25, 0.3) is 0 Å². The lowest BCUT2D eigenvalue weighted by molar-refractivity contribution is 0.575. The molecule has 0 saturated carbocycles. The van der Waals surface area contributed by atoms with Crippen molar-refractivity contribution in [2.75, 3.05) is 0 Å². The van der Waals surface area contributed by atoms with Crippen molar-refractivity contribution in [3.8, 4) is 0 Å². The molecule has 0 unspecified atom stereocenters. The Morgan fingerprint density at radius 2 is 1.82 bits per heavy atom. The lowest BCUT2D eigenvalue weighted by Gasteiger charge is -2.08. The fraction of sp³-hybridized carbons (Fsp3) is 0.286. The van der Waals surface area contributed by atoms with Crippen molar-refractivity contribution in [3.05, 3.63) is 58.4 Å². The molecule has 1 heterocycles. The molecular formula is C14H15F2N. The van der Waals surface area contributed by atoms with Crippen LogP contribution in [0.2, 0.25) is 0 Å². The molecule has 0 radical (unpaired) electrons. The van der Waals surface area contributed by atoms with Crippen LogP contribution in [-0.4, -0.2) is 4.57 Å². The zero-order chi connectivity index (χ0) is 12.6. The molecule has 3 heteroatoms. The summed E-state index contributed by atoms with van der Waals surface area (Å²) in [4.78, 5) is 0. The van der Waals surface area contributed by atoms with Crippen LogP contribution in [0.25, 0.3) is 0 Å². The highest BCUT2D eigenvalue weighted by molar-refractivity contribution is 5.30. The highest BCUT2D eigenvalue weighted by atomic mass is 19.1. The predicted molar refractivity (Wildman–Crippen MR) is 64.1 cm³/mol. The first-order valence-corrected chi connectivity index (χ1v) is 5.56. The van der Waals surface area contributed by atoms with Gasteiger partial charge in [0.1, 0.15) is 11.6 Å². The molecule has 0 bridgehead atoms. The summed E-state index contributed by atoms with van der Waals surface area (Å²) in [5, 5.41) is 0. The van der Waals surface area contributed by atoms with Gasteiger partial charge in [-0.25, -0.2) is 8.78 Å². The second-order valence-corrected chi connectivity index (χ2v) is 4.39. The van der Waals surface area contributed by atoms with E-state index in [2.05, 4.69) is 0 Å². The molecule has 0 atom stereocenters. The lowest BCUT2D eigenvalue weighted by atomic mass is 10.2. The SMILES string of the molecule is Cc1cn(Cc2cc(F)ccc2F)c(C)c1C. The van der Waals surface area contributed by atoms with Crippen molar-refractivity contribution in [1.82, 2.24) is 4.57 Å². The monoisotopic (exact) mass is 235 g/mol. The van der Waals surface area contributed by atoms with Gasteiger partial charge in [-0.05, 0) is 50.1 Å². The van der Waals surface area contributed by atoms with Gasteiger partial charge in [0.2, 0.25) is 0 Å². The summed E-state index contributed by atoms with van der Waals surface area (Å²) in [7, 11) is 0. The Kier molecular flexibility index (Phi) is 3.01. The van der Waals surface area contributed by atoms with E-state index in [9.17, 15) is 8.78 Å². The fourth-order valence-corrected chi connectivity index (χ4v) is 1.94. The molecular weight excluding hydrogens is 220 g/mol. The number of aromatic nitrogens is 1. The van der Waals surface area contributed by atoms with E-state index in [0.29, 0.717) is 12.1 Å². The van der Waals surface area contributed by atoms with E-state index in [1.54, 1.807) is 0 Å². The minimum atomic E-state index is -0.403. The number of halogens is 2. The normalized spacial score (nSPS) is 10.9. The number of rotatable bonds is 2. The summed E-state index contributed by atoms with van der Waals surface area (Å²) in [5.41, 5.74) is 3.83. The minimum Gasteiger partial charge on any atom is -0.347 e. The van der Waals surface area contributed by atoms with Crippen molar-refractivity contribution in [3.63, 3.8) is 0 Å². The van der Waals surface area contributed by atoms with Gasteiger partial charge < -0.3 is 4.57 Å². The molecule has 90 valence electrons. The second kappa shape index (κ2) is 4.32. The first kappa shape index (κ1) is 11.8. The molecule has 0 saturated heterocycles. The quantitative estimate of drug-likeness (QED) is 0.747.